The fraction of sp³-hybridized carbons (Fsp3) is 0.640. The third kappa shape index (κ3) is 6.71. The van der Waals surface area contributed by atoms with Crippen LogP contribution in [-0.2, 0) is 4.79 Å². The van der Waals surface area contributed by atoms with E-state index in [9.17, 15) is 14.4 Å². The van der Waals surface area contributed by atoms with Gasteiger partial charge in [0.2, 0.25) is 5.91 Å². The minimum Gasteiger partial charge on any atom is -0.340 e. The van der Waals surface area contributed by atoms with Gasteiger partial charge < -0.3 is 20.4 Å². The molecule has 0 spiro atoms. The van der Waals surface area contributed by atoms with Crippen molar-refractivity contribution < 1.29 is 14.4 Å². The molecule has 1 aromatic carbocycles. The molecule has 0 bridgehead atoms. The minimum absolute atomic E-state index is 0.000154. The number of amides is 4. The molecule has 2 aliphatic rings. The summed E-state index contributed by atoms with van der Waals surface area (Å²) in [5.41, 5.74) is 0.525. The molecule has 33 heavy (non-hydrogen) atoms. The van der Waals surface area contributed by atoms with Gasteiger partial charge in [-0.15, -0.1) is 0 Å². The van der Waals surface area contributed by atoms with Gasteiger partial charge in [0, 0.05) is 41.8 Å². The molecule has 1 aliphatic heterocycles. The maximum absolute atomic E-state index is 13.4. The third-order valence-corrected chi connectivity index (χ3v) is 7.53. The molecular weight excluding hydrogens is 484 g/mol. The zero-order valence-corrected chi connectivity index (χ0v) is 21.6. The summed E-state index contributed by atoms with van der Waals surface area (Å²) in [6.45, 7) is 7.44. The van der Waals surface area contributed by atoms with Crippen molar-refractivity contribution in [2.45, 2.75) is 77.4 Å². The lowest BCUT2D eigenvalue weighted by atomic mass is 9.95. The van der Waals surface area contributed by atoms with Crippen LogP contribution in [0.2, 0.25) is 0 Å². The predicted molar refractivity (Wildman–Crippen MR) is 133 cm³/mol. The number of hydrogen-bond donors (Lipinski definition) is 2. The second-order valence-electron chi connectivity index (χ2n) is 9.45. The van der Waals surface area contributed by atoms with E-state index in [0.29, 0.717) is 25.2 Å². The monoisotopic (exact) mass is 520 g/mol. The zero-order chi connectivity index (χ0) is 24.0. The Morgan fingerprint density at radius 2 is 1.76 bits per heavy atom. The first kappa shape index (κ1) is 25.5. The van der Waals surface area contributed by atoms with Crippen molar-refractivity contribution in [2.24, 2.45) is 5.92 Å². The van der Waals surface area contributed by atoms with E-state index in [1.807, 2.05) is 37.8 Å². The fourth-order valence-corrected chi connectivity index (χ4v) is 4.93. The summed E-state index contributed by atoms with van der Waals surface area (Å²) in [4.78, 5) is 42.7. The molecular formula is C25H37BrN4O3. The van der Waals surface area contributed by atoms with Gasteiger partial charge in [-0.2, -0.15) is 0 Å². The van der Waals surface area contributed by atoms with Gasteiger partial charge in [-0.3, -0.25) is 9.59 Å². The van der Waals surface area contributed by atoms with Crippen molar-refractivity contribution in [2.75, 3.05) is 19.6 Å². The van der Waals surface area contributed by atoms with Crippen LogP contribution in [0.1, 0.15) is 69.7 Å². The Bertz CT molecular complexity index is 825. The fourth-order valence-electron chi connectivity index (χ4n) is 4.67. The van der Waals surface area contributed by atoms with Gasteiger partial charge in [0.15, 0.2) is 0 Å². The molecule has 2 N–H and O–H groups in total. The average molecular weight is 522 g/mol. The summed E-state index contributed by atoms with van der Waals surface area (Å²) in [7, 11) is 0. The highest BCUT2D eigenvalue weighted by molar-refractivity contribution is 9.10. The third-order valence-electron chi connectivity index (χ3n) is 7.00. The molecule has 1 aliphatic carbocycles. The second kappa shape index (κ2) is 11.9. The highest BCUT2D eigenvalue weighted by Gasteiger charge is 2.35. The van der Waals surface area contributed by atoms with Crippen LogP contribution in [0.5, 0.6) is 0 Å². The van der Waals surface area contributed by atoms with Crippen molar-refractivity contribution in [1.82, 2.24) is 20.4 Å². The van der Waals surface area contributed by atoms with Gasteiger partial charge in [-0.05, 0) is 49.9 Å². The van der Waals surface area contributed by atoms with Gasteiger partial charge in [0.25, 0.3) is 5.91 Å². The zero-order valence-electron chi connectivity index (χ0n) is 20.0. The van der Waals surface area contributed by atoms with Crippen molar-refractivity contribution in [3.8, 4) is 0 Å². The van der Waals surface area contributed by atoms with Crippen molar-refractivity contribution in [3.63, 3.8) is 0 Å². The first-order valence-corrected chi connectivity index (χ1v) is 13.0. The molecule has 7 nitrogen and oxygen atoms in total. The van der Waals surface area contributed by atoms with Gasteiger partial charge >= 0.3 is 6.03 Å². The Labute approximate surface area is 205 Å². The van der Waals surface area contributed by atoms with Crippen LogP contribution >= 0.6 is 15.9 Å². The molecule has 3 unspecified atom stereocenters. The maximum atomic E-state index is 13.4. The number of carbonyl (C=O) groups excluding carboxylic acids is 3. The van der Waals surface area contributed by atoms with Gasteiger partial charge in [0.05, 0.1) is 0 Å². The first-order chi connectivity index (χ1) is 15.8. The minimum atomic E-state index is -0.596. The number of hydrogen-bond acceptors (Lipinski definition) is 3. The molecule has 182 valence electrons. The smallest absolute Gasteiger partial charge is 0.317 e. The standard InChI is InChI=1S/C25H37BrN4O3/c1-4-17(2)22(28-23(31)19-10-12-20(26)13-11-19)24(32)29-14-15-30(18(3)16-29)25(33)27-21-8-6-5-7-9-21/h10-13,17-18,21-22H,4-9,14-16H2,1-3H3,(H,27,33)(H,28,31). The van der Waals surface area contributed by atoms with Crippen LogP contribution in [0, 0.1) is 5.92 Å². The summed E-state index contributed by atoms with van der Waals surface area (Å²) in [6, 6.07) is 6.67. The van der Waals surface area contributed by atoms with Crippen LogP contribution in [-0.4, -0.2) is 65.4 Å². The molecule has 8 heteroatoms. The Hall–Kier alpha value is -2.09. The molecule has 0 radical (unpaired) electrons. The SMILES string of the molecule is CCC(C)C(NC(=O)c1ccc(Br)cc1)C(=O)N1CCN(C(=O)NC2CCCCC2)C(C)C1. The van der Waals surface area contributed by atoms with E-state index in [0.717, 1.165) is 23.7 Å². The van der Waals surface area contributed by atoms with E-state index in [1.54, 1.807) is 17.0 Å². The van der Waals surface area contributed by atoms with Crippen LogP contribution < -0.4 is 10.6 Å². The number of piperazine rings is 1. The van der Waals surface area contributed by atoms with E-state index in [-0.39, 0.29) is 35.8 Å². The maximum Gasteiger partial charge on any atom is 0.317 e. The van der Waals surface area contributed by atoms with Crippen LogP contribution in [0.15, 0.2) is 28.7 Å². The molecule has 1 heterocycles. The lowest BCUT2D eigenvalue weighted by molar-refractivity contribution is -0.136. The number of halogens is 1. The molecule has 4 amide bonds. The van der Waals surface area contributed by atoms with Gasteiger partial charge in [0.1, 0.15) is 6.04 Å². The van der Waals surface area contributed by atoms with E-state index in [4.69, 9.17) is 0 Å². The number of rotatable bonds is 6. The summed E-state index contributed by atoms with van der Waals surface area (Å²) in [6.07, 6.45) is 6.47. The Kier molecular flexibility index (Phi) is 9.18. The molecule has 2 fully saturated rings. The van der Waals surface area contributed by atoms with Crippen LogP contribution in [0.4, 0.5) is 4.79 Å². The van der Waals surface area contributed by atoms with Crippen molar-refractivity contribution in [1.29, 1.82) is 0 Å². The lowest BCUT2D eigenvalue weighted by Crippen LogP contribution is -2.61. The number of benzene rings is 1. The number of urea groups is 1. The van der Waals surface area contributed by atoms with Crippen molar-refractivity contribution in [3.05, 3.63) is 34.3 Å². The number of nitrogens with zero attached hydrogens (tertiary/aromatic N) is 2. The average Bonchev–Trinajstić information content (AvgIpc) is 2.82. The molecule has 1 aromatic rings. The van der Waals surface area contributed by atoms with Gasteiger partial charge in [-0.1, -0.05) is 55.5 Å². The van der Waals surface area contributed by atoms with Crippen LogP contribution in [0.25, 0.3) is 0 Å². The summed E-state index contributed by atoms with van der Waals surface area (Å²) >= 11 is 3.38. The number of nitrogens with one attached hydrogen (secondary N) is 2. The Balaban J connectivity index is 1.60. The quantitative estimate of drug-likeness (QED) is 0.590. The van der Waals surface area contributed by atoms with E-state index in [2.05, 4.69) is 26.6 Å². The largest absolute Gasteiger partial charge is 0.340 e. The first-order valence-electron chi connectivity index (χ1n) is 12.2. The van der Waals surface area contributed by atoms with E-state index in [1.165, 1.54) is 19.3 Å². The summed E-state index contributed by atoms with van der Waals surface area (Å²) in [5.74, 6) is -0.325. The van der Waals surface area contributed by atoms with E-state index >= 15 is 0 Å². The Morgan fingerprint density at radius 3 is 2.36 bits per heavy atom. The van der Waals surface area contributed by atoms with Crippen LogP contribution in [0.3, 0.4) is 0 Å². The molecule has 0 aromatic heterocycles. The predicted octanol–water partition coefficient (Wildman–Crippen LogP) is 4.17. The summed E-state index contributed by atoms with van der Waals surface area (Å²) < 4.78 is 0.896. The topological polar surface area (TPSA) is 81.8 Å². The second-order valence-corrected chi connectivity index (χ2v) is 10.4. The molecule has 1 saturated heterocycles. The normalized spacial score (nSPS) is 21.3. The van der Waals surface area contributed by atoms with Gasteiger partial charge in [-0.25, -0.2) is 4.79 Å². The molecule has 3 rings (SSSR count). The highest BCUT2D eigenvalue weighted by atomic mass is 79.9. The molecule has 1 saturated carbocycles. The number of carbonyl (C=O) groups is 3. The van der Waals surface area contributed by atoms with E-state index < -0.39 is 6.04 Å². The van der Waals surface area contributed by atoms with Crippen molar-refractivity contribution >= 4 is 33.8 Å². The summed E-state index contributed by atoms with van der Waals surface area (Å²) in [5, 5.41) is 6.15. The Morgan fingerprint density at radius 1 is 1.09 bits per heavy atom. The molecule has 3 atom stereocenters. The lowest BCUT2D eigenvalue weighted by Gasteiger charge is -2.42. The highest BCUT2D eigenvalue weighted by Crippen LogP contribution is 2.20.